The third-order valence-electron chi connectivity index (χ3n) is 4.83. The lowest BCUT2D eigenvalue weighted by Crippen LogP contribution is -2.40. The van der Waals surface area contributed by atoms with Gasteiger partial charge in [0.1, 0.15) is 5.82 Å². The maximum atomic E-state index is 13.0. The Morgan fingerprint density at radius 2 is 2.14 bits per heavy atom. The summed E-state index contributed by atoms with van der Waals surface area (Å²) < 4.78 is 23.5. The smallest absolute Gasteiger partial charge is 0.293 e. The Kier molecular flexibility index (Phi) is 5.48. The fraction of sp³-hybridized carbons (Fsp3) is 0.350. The Labute approximate surface area is 161 Å². The molecule has 146 valence electrons. The molecule has 0 spiro atoms. The van der Waals surface area contributed by atoms with Gasteiger partial charge in [-0.2, -0.15) is 4.98 Å². The number of halogens is 1. The number of hydrogen-bond acceptors (Lipinski definition) is 6. The van der Waals surface area contributed by atoms with Gasteiger partial charge in [-0.3, -0.25) is 9.69 Å². The van der Waals surface area contributed by atoms with Gasteiger partial charge < -0.3 is 14.3 Å². The summed E-state index contributed by atoms with van der Waals surface area (Å²) in [5, 5.41) is 6.97. The van der Waals surface area contributed by atoms with Gasteiger partial charge in [-0.05, 0) is 61.7 Å². The van der Waals surface area contributed by atoms with Gasteiger partial charge in [0.25, 0.3) is 11.8 Å². The summed E-state index contributed by atoms with van der Waals surface area (Å²) in [7, 11) is 0. The van der Waals surface area contributed by atoms with E-state index in [1.807, 2.05) is 0 Å². The van der Waals surface area contributed by atoms with E-state index in [2.05, 4.69) is 20.4 Å². The summed E-state index contributed by atoms with van der Waals surface area (Å²) >= 11 is 0. The van der Waals surface area contributed by atoms with Crippen molar-refractivity contribution in [1.82, 2.24) is 20.4 Å². The van der Waals surface area contributed by atoms with Crippen LogP contribution in [-0.2, 0) is 6.54 Å². The summed E-state index contributed by atoms with van der Waals surface area (Å²) in [6, 6.07) is 9.11. The molecule has 1 atom stereocenters. The van der Waals surface area contributed by atoms with Crippen LogP contribution < -0.4 is 5.32 Å². The molecule has 2 aromatic heterocycles. The van der Waals surface area contributed by atoms with Crippen molar-refractivity contribution in [3.05, 3.63) is 59.9 Å². The number of nitrogens with one attached hydrogen (secondary N) is 1. The van der Waals surface area contributed by atoms with E-state index in [1.165, 1.54) is 24.3 Å². The van der Waals surface area contributed by atoms with Crippen LogP contribution in [0.2, 0.25) is 0 Å². The largest absolute Gasteiger partial charge is 0.459 e. The van der Waals surface area contributed by atoms with E-state index in [1.54, 1.807) is 18.4 Å². The zero-order chi connectivity index (χ0) is 19.3. The standard InChI is InChI=1S/C20H21FN4O3/c21-16-7-5-15(6-8-16)19(26)22-11-14-3-1-9-25(12-14)13-18-23-20(28-24-18)17-4-2-10-27-17/h2,4-8,10,14H,1,3,9,11-13H2,(H,22,26)/t14-/m0/s1. The van der Waals surface area contributed by atoms with Gasteiger partial charge in [-0.15, -0.1) is 0 Å². The van der Waals surface area contributed by atoms with E-state index in [-0.39, 0.29) is 11.7 Å². The number of piperidine rings is 1. The van der Waals surface area contributed by atoms with Gasteiger partial charge in [-0.1, -0.05) is 5.16 Å². The van der Waals surface area contributed by atoms with E-state index < -0.39 is 0 Å². The number of rotatable bonds is 6. The minimum atomic E-state index is -0.351. The average Bonchev–Trinajstić information content (AvgIpc) is 3.39. The first kappa shape index (κ1) is 18.4. The highest BCUT2D eigenvalue weighted by atomic mass is 19.1. The molecule has 0 radical (unpaired) electrons. The van der Waals surface area contributed by atoms with E-state index in [9.17, 15) is 9.18 Å². The Bertz CT molecular complexity index is 908. The Morgan fingerprint density at radius 3 is 2.93 bits per heavy atom. The fourth-order valence-corrected chi connectivity index (χ4v) is 3.42. The molecule has 1 N–H and O–H groups in total. The molecular formula is C20H21FN4O3. The van der Waals surface area contributed by atoms with Crippen LogP contribution in [0.3, 0.4) is 0 Å². The first-order chi connectivity index (χ1) is 13.7. The molecule has 3 aromatic rings. The van der Waals surface area contributed by atoms with Crippen LogP contribution in [-0.4, -0.2) is 40.6 Å². The predicted octanol–water partition coefficient (Wildman–Crippen LogP) is 3.11. The molecule has 1 aromatic carbocycles. The highest BCUT2D eigenvalue weighted by molar-refractivity contribution is 5.94. The van der Waals surface area contributed by atoms with Crippen molar-refractivity contribution in [2.24, 2.45) is 5.92 Å². The second kappa shape index (κ2) is 8.35. The molecule has 0 aliphatic carbocycles. The molecule has 28 heavy (non-hydrogen) atoms. The number of hydrogen-bond donors (Lipinski definition) is 1. The van der Waals surface area contributed by atoms with Gasteiger partial charge in [-0.25, -0.2) is 4.39 Å². The molecule has 3 heterocycles. The molecule has 7 nitrogen and oxygen atoms in total. The second-order valence-electron chi connectivity index (χ2n) is 6.95. The third kappa shape index (κ3) is 4.45. The molecule has 1 fully saturated rings. The molecule has 0 bridgehead atoms. The normalized spacial score (nSPS) is 17.5. The van der Waals surface area contributed by atoms with Crippen LogP contribution in [0.4, 0.5) is 4.39 Å². The lowest BCUT2D eigenvalue weighted by Gasteiger charge is -2.31. The van der Waals surface area contributed by atoms with Crippen LogP contribution in [0.15, 0.2) is 51.6 Å². The number of furan rings is 1. The molecule has 1 aliphatic heterocycles. The maximum absolute atomic E-state index is 13.0. The van der Waals surface area contributed by atoms with Crippen LogP contribution >= 0.6 is 0 Å². The second-order valence-corrected chi connectivity index (χ2v) is 6.95. The topological polar surface area (TPSA) is 84.4 Å². The van der Waals surface area contributed by atoms with E-state index in [4.69, 9.17) is 8.94 Å². The summed E-state index contributed by atoms with van der Waals surface area (Å²) in [5.74, 6) is 1.35. The van der Waals surface area contributed by atoms with Gasteiger partial charge in [0.15, 0.2) is 11.6 Å². The molecule has 4 rings (SSSR count). The minimum absolute atomic E-state index is 0.182. The number of aromatic nitrogens is 2. The first-order valence-electron chi connectivity index (χ1n) is 9.30. The Hall–Kier alpha value is -3.00. The van der Waals surface area contributed by atoms with Crippen molar-refractivity contribution in [1.29, 1.82) is 0 Å². The van der Waals surface area contributed by atoms with Gasteiger partial charge in [0.05, 0.1) is 12.8 Å². The molecule has 1 aliphatic rings. The highest BCUT2D eigenvalue weighted by Crippen LogP contribution is 2.20. The van der Waals surface area contributed by atoms with Crippen LogP contribution in [0.5, 0.6) is 0 Å². The SMILES string of the molecule is O=C(NC[C@@H]1CCCN(Cc2noc(-c3ccco3)n2)C1)c1ccc(F)cc1. The number of carbonyl (C=O) groups excluding carboxylic acids is 1. The van der Waals surface area contributed by atoms with Gasteiger partial charge >= 0.3 is 0 Å². The highest BCUT2D eigenvalue weighted by Gasteiger charge is 2.22. The maximum Gasteiger partial charge on any atom is 0.293 e. The molecule has 0 unspecified atom stereocenters. The first-order valence-corrected chi connectivity index (χ1v) is 9.30. The van der Waals surface area contributed by atoms with Gasteiger partial charge in [0.2, 0.25) is 0 Å². The Morgan fingerprint density at radius 1 is 1.29 bits per heavy atom. The van der Waals surface area contributed by atoms with E-state index in [0.29, 0.717) is 42.0 Å². The summed E-state index contributed by atoms with van der Waals surface area (Å²) in [5.41, 5.74) is 0.464. The molecule has 0 saturated carbocycles. The minimum Gasteiger partial charge on any atom is -0.459 e. The van der Waals surface area contributed by atoms with Crippen molar-refractivity contribution < 1.29 is 18.1 Å². The van der Waals surface area contributed by atoms with Crippen molar-refractivity contribution in [2.45, 2.75) is 19.4 Å². The molecule has 1 saturated heterocycles. The van der Waals surface area contributed by atoms with Crippen LogP contribution in [0, 0.1) is 11.7 Å². The number of likely N-dealkylation sites (tertiary alicyclic amines) is 1. The number of nitrogens with zero attached hydrogens (tertiary/aromatic N) is 3. The van der Waals surface area contributed by atoms with Crippen LogP contribution in [0.25, 0.3) is 11.7 Å². The Balaban J connectivity index is 1.28. The van der Waals surface area contributed by atoms with Crippen LogP contribution in [0.1, 0.15) is 29.0 Å². The average molecular weight is 384 g/mol. The summed E-state index contributed by atoms with van der Waals surface area (Å²) in [6.07, 6.45) is 3.65. The zero-order valence-corrected chi connectivity index (χ0v) is 15.3. The number of amides is 1. The van der Waals surface area contributed by atoms with Crippen molar-refractivity contribution >= 4 is 5.91 Å². The fourth-order valence-electron chi connectivity index (χ4n) is 3.42. The number of benzene rings is 1. The van der Waals surface area contributed by atoms with E-state index >= 15 is 0 Å². The summed E-state index contributed by atoms with van der Waals surface area (Å²) in [6.45, 7) is 2.96. The van der Waals surface area contributed by atoms with Crippen molar-refractivity contribution in [2.75, 3.05) is 19.6 Å². The van der Waals surface area contributed by atoms with Crippen molar-refractivity contribution in [3.8, 4) is 11.7 Å². The van der Waals surface area contributed by atoms with E-state index in [0.717, 1.165) is 25.9 Å². The zero-order valence-electron chi connectivity index (χ0n) is 15.3. The lowest BCUT2D eigenvalue weighted by atomic mass is 9.98. The third-order valence-corrected chi connectivity index (χ3v) is 4.83. The monoisotopic (exact) mass is 384 g/mol. The quantitative estimate of drug-likeness (QED) is 0.703. The van der Waals surface area contributed by atoms with Crippen molar-refractivity contribution in [3.63, 3.8) is 0 Å². The number of carbonyl (C=O) groups is 1. The lowest BCUT2D eigenvalue weighted by molar-refractivity contribution is 0.0929. The summed E-state index contributed by atoms with van der Waals surface area (Å²) in [4.78, 5) is 18.8. The molecule has 1 amide bonds. The van der Waals surface area contributed by atoms with Gasteiger partial charge in [0, 0.05) is 18.7 Å². The predicted molar refractivity (Wildman–Crippen MR) is 98.7 cm³/mol. The molecule has 8 heteroatoms. The molecular weight excluding hydrogens is 363 g/mol.